The molecule has 1 aliphatic rings. The molecule has 4 nitrogen and oxygen atoms in total. The van der Waals surface area contributed by atoms with Gasteiger partial charge >= 0.3 is 0 Å². The van der Waals surface area contributed by atoms with E-state index in [0.717, 1.165) is 25.7 Å². The van der Waals surface area contributed by atoms with Gasteiger partial charge in [-0.05, 0) is 12.8 Å². The van der Waals surface area contributed by atoms with Gasteiger partial charge in [-0.15, -0.1) is 0 Å². The summed E-state index contributed by atoms with van der Waals surface area (Å²) in [6.07, 6.45) is 4.83. The highest BCUT2D eigenvalue weighted by Gasteiger charge is 2.31. The van der Waals surface area contributed by atoms with Crippen LogP contribution in [0.15, 0.2) is 0 Å². The predicted octanol–water partition coefficient (Wildman–Crippen LogP) is 2.41. The quantitative estimate of drug-likeness (QED) is 0.599. The van der Waals surface area contributed by atoms with Gasteiger partial charge in [0.25, 0.3) is 0 Å². The lowest BCUT2D eigenvalue weighted by Gasteiger charge is -2.22. The second kappa shape index (κ2) is 7.37. The topological polar surface area (TPSA) is 95.2 Å². The predicted molar refractivity (Wildman–Crippen MR) is 52.6 cm³/mol. The molecule has 0 bridgehead atoms. The van der Waals surface area contributed by atoms with Gasteiger partial charge in [-0.1, -0.05) is 19.3 Å². The summed E-state index contributed by atoms with van der Waals surface area (Å²) < 4.78 is 0. The Hall–Kier alpha value is -2.04. The zero-order valence-electron chi connectivity index (χ0n) is 8.53. The maximum absolute atomic E-state index is 8.67. The van der Waals surface area contributed by atoms with Crippen molar-refractivity contribution < 1.29 is 0 Å². The molecule has 0 N–H and O–H groups in total. The summed E-state index contributed by atoms with van der Waals surface area (Å²) in [4.78, 5) is 0. The highest BCUT2D eigenvalue weighted by atomic mass is 14.4. The minimum Gasteiger partial charge on any atom is -0.197 e. The maximum atomic E-state index is 8.67. The average Bonchev–Trinajstić information content (AvgIpc) is 2.32. The zero-order valence-corrected chi connectivity index (χ0v) is 8.53. The van der Waals surface area contributed by atoms with E-state index < -0.39 is 5.41 Å². The molecule has 0 aromatic carbocycles. The second-order valence-corrected chi connectivity index (χ2v) is 3.36. The van der Waals surface area contributed by atoms with E-state index in [2.05, 4.69) is 12.1 Å². The number of nitriles is 4. The van der Waals surface area contributed by atoms with E-state index in [1.807, 2.05) is 0 Å². The third kappa shape index (κ3) is 4.66. The Morgan fingerprint density at radius 2 is 1.27 bits per heavy atom. The van der Waals surface area contributed by atoms with Crippen LogP contribution in [0.1, 0.15) is 38.5 Å². The Morgan fingerprint density at radius 3 is 1.47 bits per heavy atom. The molecule has 0 atom stereocenters. The molecule has 0 heterocycles. The number of hydrogen-bond donors (Lipinski definition) is 0. The van der Waals surface area contributed by atoms with Crippen molar-refractivity contribution in [1.82, 2.24) is 0 Å². The van der Waals surface area contributed by atoms with Crippen molar-refractivity contribution in [1.29, 1.82) is 21.0 Å². The van der Waals surface area contributed by atoms with Crippen molar-refractivity contribution >= 4 is 0 Å². The van der Waals surface area contributed by atoms with E-state index in [4.69, 9.17) is 21.0 Å². The van der Waals surface area contributed by atoms with Crippen molar-refractivity contribution in [2.45, 2.75) is 38.5 Å². The normalized spacial score (nSPS) is 16.5. The molecule has 0 unspecified atom stereocenters. The molecule has 0 aliphatic heterocycles. The van der Waals surface area contributed by atoms with Crippen LogP contribution in [0.2, 0.25) is 0 Å². The molecule has 0 aromatic heterocycles. The van der Waals surface area contributed by atoms with Gasteiger partial charge in [0.05, 0.1) is 24.3 Å². The number of hydrogen-bond acceptors (Lipinski definition) is 4. The van der Waals surface area contributed by atoms with Crippen LogP contribution in [0.4, 0.5) is 0 Å². The first-order valence-electron chi connectivity index (χ1n) is 4.81. The van der Waals surface area contributed by atoms with Crippen LogP contribution in [-0.2, 0) is 0 Å². The SMILES string of the molecule is N#CC1(C#N)CCCCC1.N#CCC#N. The van der Waals surface area contributed by atoms with E-state index in [1.54, 1.807) is 12.1 Å². The number of nitrogens with zero attached hydrogens (tertiary/aromatic N) is 4. The molecule has 76 valence electrons. The molecule has 0 saturated heterocycles. The third-order valence-corrected chi connectivity index (χ3v) is 2.29. The highest BCUT2D eigenvalue weighted by Crippen LogP contribution is 2.34. The van der Waals surface area contributed by atoms with Gasteiger partial charge in [-0.25, -0.2) is 0 Å². The molecule has 1 fully saturated rings. The van der Waals surface area contributed by atoms with Crippen molar-refractivity contribution in [2.24, 2.45) is 5.41 Å². The first-order valence-corrected chi connectivity index (χ1v) is 4.81. The lowest BCUT2D eigenvalue weighted by Crippen LogP contribution is -2.19. The van der Waals surface area contributed by atoms with E-state index in [0.29, 0.717) is 0 Å². The standard InChI is InChI=1S/C8H10N2.C3H2N2/c9-6-8(7-10)4-2-1-3-5-8;4-2-1-3-5/h1-5H2;1H2. The zero-order chi connectivity index (χ0) is 11.6. The second-order valence-electron chi connectivity index (χ2n) is 3.36. The van der Waals surface area contributed by atoms with Crippen molar-refractivity contribution in [2.75, 3.05) is 0 Å². The molecule has 0 radical (unpaired) electrons. The molecule has 15 heavy (non-hydrogen) atoms. The van der Waals surface area contributed by atoms with Crippen LogP contribution >= 0.6 is 0 Å². The Labute approximate surface area is 90.0 Å². The van der Waals surface area contributed by atoms with Crippen molar-refractivity contribution in [3.8, 4) is 24.3 Å². The Kier molecular flexibility index (Phi) is 6.37. The molecular weight excluding hydrogens is 188 g/mol. The van der Waals surface area contributed by atoms with E-state index in [9.17, 15) is 0 Å². The fraction of sp³-hybridized carbons (Fsp3) is 0.636. The monoisotopic (exact) mass is 200 g/mol. The molecule has 0 spiro atoms. The lowest BCUT2D eigenvalue weighted by atomic mass is 9.77. The maximum Gasteiger partial charge on any atom is 0.143 e. The third-order valence-electron chi connectivity index (χ3n) is 2.29. The fourth-order valence-electron chi connectivity index (χ4n) is 1.44. The summed E-state index contributed by atoms with van der Waals surface area (Å²) in [7, 11) is 0. The Morgan fingerprint density at radius 1 is 0.800 bits per heavy atom. The fourth-order valence-corrected chi connectivity index (χ4v) is 1.44. The van der Waals surface area contributed by atoms with Crippen molar-refractivity contribution in [3.05, 3.63) is 0 Å². The Balaban J connectivity index is 0.000000336. The largest absolute Gasteiger partial charge is 0.197 e. The minimum absolute atomic E-state index is 0. The van der Waals surface area contributed by atoms with Crippen LogP contribution in [0, 0.1) is 50.7 Å². The van der Waals surface area contributed by atoms with Gasteiger partial charge in [-0.3, -0.25) is 0 Å². The lowest BCUT2D eigenvalue weighted by molar-refractivity contribution is 0.345. The molecular formula is C11H12N4. The summed E-state index contributed by atoms with van der Waals surface area (Å²) in [5, 5.41) is 32.5. The summed E-state index contributed by atoms with van der Waals surface area (Å²) in [5.41, 5.74) is -0.627. The first-order chi connectivity index (χ1) is 7.24. The summed E-state index contributed by atoms with van der Waals surface area (Å²) in [6, 6.07) is 7.52. The van der Waals surface area contributed by atoms with E-state index >= 15 is 0 Å². The van der Waals surface area contributed by atoms with Crippen LogP contribution in [0.3, 0.4) is 0 Å². The van der Waals surface area contributed by atoms with Crippen LogP contribution < -0.4 is 0 Å². The molecule has 0 amide bonds. The van der Waals surface area contributed by atoms with Gasteiger partial charge in [0.1, 0.15) is 11.8 Å². The van der Waals surface area contributed by atoms with Crippen molar-refractivity contribution in [3.63, 3.8) is 0 Å². The van der Waals surface area contributed by atoms with E-state index in [-0.39, 0.29) is 6.42 Å². The number of rotatable bonds is 0. The van der Waals surface area contributed by atoms with Gasteiger partial charge in [0.2, 0.25) is 0 Å². The minimum atomic E-state index is -0.627. The molecule has 1 rings (SSSR count). The molecule has 0 aromatic rings. The van der Waals surface area contributed by atoms with Gasteiger partial charge in [0, 0.05) is 0 Å². The van der Waals surface area contributed by atoms with Crippen LogP contribution in [0.25, 0.3) is 0 Å². The summed E-state index contributed by atoms with van der Waals surface area (Å²) in [6.45, 7) is 0. The average molecular weight is 200 g/mol. The van der Waals surface area contributed by atoms with Gasteiger partial charge < -0.3 is 0 Å². The Bertz CT molecular complexity index is 311. The first kappa shape index (κ1) is 13.0. The molecule has 4 heteroatoms. The van der Waals surface area contributed by atoms with Gasteiger partial charge in [-0.2, -0.15) is 21.0 Å². The van der Waals surface area contributed by atoms with E-state index in [1.165, 1.54) is 6.42 Å². The highest BCUT2D eigenvalue weighted by molar-refractivity contribution is 5.14. The summed E-state index contributed by atoms with van der Waals surface area (Å²) >= 11 is 0. The van der Waals surface area contributed by atoms with Gasteiger partial charge in [0.15, 0.2) is 0 Å². The van der Waals surface area contributed by atoms with Crippen LogP contribution in [-0.4, -0.2) is 0 Å². The molecule has 1 saturated carbocycles. The smallest absolute Gasteiger partial charge is 0.143 e. The van der Waals surface area contributed by atoms with Crippen LogP contribution in [0.5, 0.6) is 0 Å². The summed E-state index contributed by atoms with van der Waals surface area (Å²) in [5.74, 6) is 0. The molecule has 1 aliphatic carbocycles.